The molecule has 0 radical (unpaired) electrons. The fourth-order valence-corrected chi connectivity index (χ4v) is 1.60. The lowest BCUT2D eigenvalue weighted by Crippen LogP contribution is -2.13. The third-order valence-electron chi connectivity index (χ3n) is 2.43. The maximum Gasteiger partial charge on any atom is 0.131 e. The molecule has 1 nitrogen and oxygen atoms in total. The van der Waals surface area contributed by atoms with Crippen LogP contribution in [0.4, 0.5) is 4.39 Å². The summed E-state index contributed by atoms with van der Waals surface area (Å²) in [5.74, 6) is 0.115. The molecule has 0 saturated heterocycles. The van der Waals surface area contributed by atoms with Crippen LogP contribution in [0.5, 0.6) is 0 Å². The molecule has 16 heavy (non-hydrogen) atoms. The highest BCUT2D eigenvalue weighted by molar-refractivity contribution is 6.30. The Kier molecular flexibility index (Phi) is 4.97. The molecule has 0 spiro atoms. The predicted molar refractivity (Wildman–Crippen MR) is 68.2 cm³/mol. The second kappa shape index (κ2) is 6.02. The summed E-state index contributed by atoms with van der Waals surface area (Å²) in [5.41, 5.74) is 1.76. The first-order valence-corrected chi connectivity index (χ1v) is 5.72. The molecule has 88 valence electrons. The van der Waals surface area contributed by atoms with E-state index in [1.807, 2.05) is 13.1 Å². The molecule has 3 heteroatoms. The molecule has 1 aromatic carbocycles. The van der Waals surface area contributed by atoms with E-state index in [4.69, 9.17) is 11.6 Å². The fraction of sp³-hybridized carbons (Fsp3) is 0.385. The maximum atomic E-state index is 13.6. The van der Waals surface area contributed by atoms with E-state index in [2.05, 4.69) is 19.2 Å². The quantitative estimate of drug-likeness (QED) is 0.847. The summed E-state index contributed by atoms with van der Waals surface area (Å²) in [6.45, 7) is 4.95. The van der Waals surface area contributed by atoms with Crippen molar-refractivity contribution in [2.24, 2.45) is 5.92 Å². The van der Waals surface area contributed by atoms with Gasteiger partial charge in [-0.25, -0.2) is 4.39 Å². The standard InChI is InChI=1S/C13H17ClFN/c1-9(2)11(8-16-3)6-10-4-5-12(14)7-13(10)15/h4-7,9,16H,8H2,1-3H3/b11-6-. The van der Waals surface area contributed by atoms with Crippen molar-refractivity contribution >= 4 is 17.7 Å². The van der Waals surface area contributed by atoms with Gasteiger partial charge in [0.25, 0.3) is 0 Å². The van der Waals surface area contributed by atoms with Crippen LogP contribution in [0.3, 0.4) is 0 Å². The first-order chi connectivity index (χ1) is 7.54. The van der Waals surface area contributed by atoms with Crippen LogP contribution in [-0.2, 0) is 0 Å². The van der Waals surface area contributed by atoms with E-state index >= 15 is 0 Å². The van der Waals surface area contributed by atoms with Crippen LogP contribution < -0.4 is 5.32 Å². The number of nitrogens with one attached hydrogen (secondary N) is 1. The van der Waals surface area contributed by atoms with Crippen LogP contribution in [0, 0.1) is 11.7 Å². The van der Waals surface area contributed by atoms with Gasteiger partial charge in [0.15, 0.2) is 0 Å². The van der Waals surface area contributed by atoms with E-state index in [9.17, 15) is 4.39 Å². The van der Waals surface area contributed by atoms with E-state index in [-0.39, 0.29) is 5.82 Å². The molecule has 0 heterocycles. The summed E-state index contributed by atoms with van der Waals surface area (Å²) >= 11 is 5.70. The number of halogens is 2. The summed E-state index contributed by atoms with van der Waals surface area (Å²) in [6.07, 6.45) is 1.88. The Labute approximate surface area is 101 Å². The van der Waals surface area contributed by atoms with E-state index in [1.54, 1.807) is 12.1 Å². The van der Waals surface area contributed by atoms with Crippen LogP contribution in [-0.4, -0.2) is 13.6 Å². The van der Waals surface area contributed by atoms with Crippen molar-refractivity contribution in [3.8, 4) is 0 Å². The zero-order valence-electron chi connectivity index (χ0n) is 9.85. The largest absolute Gasteiger partial charge is 0.316 e. The number of hydrogen-bond donors (Lipinski definition) is 1. The summed E-state index contributed by atoms with van der Waals surface area (Å²) in [6, 6.07) is 4.74. The lowest BCUT2D eigenvalue weighted by molar-refractivity contribution is 0.624. The second-order valence-electron chi connectivity index (χ2n) is 4.07. The van der Waals surface area contributed by atoms with Gasteiger partial charge in [0.05, 0.1) is 0 Å². The van der Waals surface area contributed by atoms with Gasteiger partial charge in [0.2, 0.25) is 0 Å². The van der Waals surface area contributed by atoms with Crippen LogP contribution in [0.1, 0.15) is 19.4 Å². The summed E-state index contributed by atoms with van der Waals surface area (Å²) in [5, 5.41) is 3.51. The summed E-state index contributed by atoms with van der Waals surface area (Å²) in [7, 11) is 1.88. The molecular weight excluding hydrogens is 225 g/mol. The summed E-state index contributed by atoms with van der Waals surface area (Å²) in [4.78, 5) is 0. The zero-order chi connectivity index (χ0) is 12.1. The third kappa shape index (κ3) is 3.62. The predicted octanol–water partition coefficient (Wildman–Crippen LogP) is 3.74. The molecule has 0 unspecified atom stereocenters. The highest BCUT2D eigenvalue weighted by atomic mass is 35.5. The SMILES string of the molecule is CNC/C(=C/c1ccc(Cl)cc1F)C(C)C. The van der Waals surface area contributed by atoms with Crippen LogP contribution in [0.15, 0.2) is 23.8 Å². The van der Waals surface area contributed by atoms with Gasteiger partial charge in [-0.3, -0.25) is 0 Å². The highest BCUT2D eigenvalue weighted by Gasteiger charge is 2.05. The Morgan fingerprint density at radius 3 is 2.69 bits per heavy atom. The molecule has 0 fully saturated rings. The first kappa shape index (κ1) is 13.2. The molecular formula is C13H17ClFN. The monoisotopic (exact) mass is 241 g/mol. The van der Waals surface area contributed by atoms with Gasteiger partial charge in [-0.15, -0.1) is 0 Å². The highest BCUT2D eigenvalue weighted by Crippen LogP contribution is 2.19. The van der Waals surface area contributed by atoms with E-state index in [0.717, 1.165) is 6.54 Å². The summed E-state index contributed by atoms with van der Waals surface area (Å²) < 4.78 is 13.6. The maximum absolute atomic E-state index is 13.6. The average Bonchev–Trinajstić information content (AvgIpc) is 2.20. The minimum Gasteiger partial charge on any atom is -0.316 e. The molecule has 0 saturated carbocycles. The Balaban J connectivity index is 3.02. The lowest BCUT2D eigenvalue weighted by atomic mass is 10.00. The van der Waals surface area contributed by atoms with Crippen molar-refractivity contribution in [1.29, 1.82) is 0 Å². The Morgan fingerprint density at radius 2 is 2.19 bits per heavy atom. The number of benzene rings is 1. The minimum atomic E-state index is -0.276. The molecule has 0 atom stereocenters. The molecule has 0 bridgehead atoms. The van der Waals surface area contributed by atoms with Crippen molar-refractivity contribution in [1.82, 2.24) is 5.32 Å². The van der Waals surface area contributed by atoms with Crippen molar-refractivity contribution < 1.29 is 4.39 Å². The van der Waals surface area contributed by atoms with Gasteiger partial charge in [0, 0.05) is 17.1 Å². The van der Waals surface area contributed by atoms with Crippen molar-refractivity contribution in [3.05, 3.63) is 40.2 Å². The minimum absolute atomic E-state index is 0.276. The Hall–Kier alpha value is -0.860. The molecule has 0 aliphatic carbocycles. The number of likely N-dealkylation sites (N-methyl/N-ethyl adjacent to an activating group) is 1. The van der Waals surface area contributed by atoms with Gasteiger partial charge < -0.3 is 5.32 Å². The molecule has 0 aliphatic heterocycles. The molecule has 0 aliphatic rings. The van der Waals surface area contributed by atoms with Crippen LogP contribution >= 0.6 is 11.6 Å². The lowest BCUT2D eigenvalue weighted by Gasteiger charge is -2.11. The topological polar surface area (TPSA) is 12.0 Å². The van der Waals surface area contributed by atoms with Crippen molar-refractivity contribution in [2.45, 2.75) is 13.8 Å². The van der Waals surface area contributed by atoms with Crippen molar-refractivity contribution in [2.75, 3.05) is 13.6 Å². The van der Waals surface area contributed by atoms with Gasteiger partial charge in [-0.05, 0) is 25.1 Å². The van der Waals surface area contributed by atoms with E-state index in [0.29, 0.717) is 16.5 Å². The van der Waals surface area contributed by atoms with Gasteiger partial charge >= 0.3 is 0 Å². The van der Waals surface area contributed by atoms with Crippen LogP contribution in [0.2, 0.25) is 5.02 Å². The van der Waals surface area contributed by atoms with Crippen LogP contribution in [0.25, 0.3) is 6.08 Å². The average molecular weight is 242 g/mol. The zero-order valence-corrected chi connectivity index (χ0v) is 10.6. The normalized spacial score (nSPS) is 12.2. The van der Waals surface area contributed by atoms with Gasteiger partial charge in [-0.2, -0.15) is 0 Å². The third-order valence-corrected chi connectivity index (χ3v) is 2.66. The Morgan fingerprint density at radius 1 is 1.50 bits per heavy atom. The number of rotatable bonds is 4. The number of hydrogen-bond acceptors (Lipinski definition) is 1. The van der Waals surface area contributed by atoms with E-state index < -0.39 is 0 Å². The first-order valence-electron chi connectivity index (χ1n) is 5.34. The molecule has 1 N–H and O–H groups in total. The van der Waals surface area contributed by atoms with Gasteiger partial charge in [0.1, 0.15) is 5.82 Å². The molecule has 1 rings (SSSR count). The van der Waals surface area contributed by atoms with Crippen molar-refractivity contribution in [3.63, 3.8) is 0 Å². The van der Waals surface area contributed by atoms with E-state index in [1.165, 1.54) is 11.6 Å². The molecule has 0 aromatic heterocycles. The molecule has 1 aromatic rings. The molecule has 0 amide bonds. The smallest absolute Gasteiger partial charge is 0.131 e. The second-order valence-corrected chi connectivity index (χ2v) is 4.51. The Bertz CT molecular complexity index is 386. The van der Waals surface area contributed by atoms with Gasteiger partial charge in [-0.1, -0.05) is 43.2 Å². The fourth-order valence-electron chi connectivity index (χ4n) is 1.44.